The van der Waals surface area contributed by atoms with E-state index in [-0.39, 0.29) is 29.8 Å². The minimum absolute atomic E-state index is 0. The molecule has 6 heteroatoms. The van der Waals surface area contributed by atoms with Crippen LogP contribution in [0.4, 0.5) is 0 Å². The van der Waals surface area contributed by atoms with E-state index in [4.69, 9.17) is 17.3 Å². The first-order valence-corrected chi connectivity index (χ1v) is 6.01. The second-order valence-corrected chi connectivity index (χ2v) is 5.68. The van der Waals surface area contributed by atoms with Gasteiger partial charge < -0.3 is 15.9 Å². The van der Waals surface area contributed by atoms with E-state index in [1.165, 1.54) is 0 Å². The molecule has 3 nitrogen and oxygen atoms in total. The standard InChI is InChI=1S/C11H15BrClNO2.ClH/c1-11(2,5-15)10(14)8-6(12)3-4-7(13)9(8)16;/h3-4,10,15-16H,5,14H2,1-2H3;1H/t10-;/m1./s1. The summed E-state index contributed by atoms with van der Waals surface area (Å²) in [4.78, 5) is 0. The van der Waals surface area contributed by atoms with E-state index in [0.29, 0.717) is 10.0 Å². The number of benzene rings is 1. The van der Waals surface area contributed by atoms with Crippen molar-refractivity contribution in [1.82, 2.24) is 0 Å². The zero-order chi connectivity index (χ0) is 12.5. The first-order valence-electron chi connectivity index (χ1n) is 4.84. The van der Waals surface area contributed by atoms with Crippen LogP contribution in [-0.4, -0.2) is 16.8 Å². The third-order valence-electron chi connectivity index (χ3n) is 2.68. The second kappa shape index (κ2) is 6.25. The highest BCUT2D eigenvalue weighted by Crippen LogP contribution is 2.42. The van der Waals surface area contributed by atoms with Crippen molar-refractivity contribution in [2.75, 3.05) is 6.61 Å². The Labute approximate surface area is 121 Å². The maximum Gasteiger partial charge on any atom is 0.140 e. The summed E-state index contributed by atoms with van der Waals surface area (Å²) in [6.07, 6.45) is 0. The smallest absolute Gasteiger partial charge is 0.140 e. The largest absolute Gasteiger partial charge is 0.506 e. The van der Waals surface area contributed by atoms with Crippen molar-refractivity contribution in [3.63, 3.8) is 0 Å². The van der Waals surface area contributed by atoms with Gasteiger partial charge in [0, 0.05) is 28.1 Å². The third kappa shape index (κ3) is 3.48. The van der Waals surface area contributed by atoms with Crippen molar-refractivity contribution in [1.29, 1.82) is 0 Å². The number of phenols is 1. The van der Waals surface area contributed by atoms with Crippen LogP contribution in [-0.2, 0) is 0 Å². The Morgan fingerprint density at radius 3 is 2.47 bits per heavy atom. The fraction of sp³-hybridized carbons (Fsp3) is 0.455. The third-order valence-corrected chi connectivity index (χ3v) is 3.67. The number of hydrogen-bond acceptors (Lipinski definition) is 3. The molecule has 17 heavy (non-hydrogen) atoms. The number of aliphatic hydroxyl groups excluding tert-OH is 1. The van der Waals surface area contributed by atoms with Gasteiger partial charge in [0.15, 0.2) is 0 Å². The molecule has 0 radical (unpaired) electrons. The van der Waals surface area contributed by atoms with Crippen LogP contribution in [0, 0.1) is 5.41 Å². The van der Waals surface area contributed by atoms with Crippen LogP contribution in [0.5, 0.6) is 5.75 Å². The van der Waals surface area contributed by atoms with Gasteiger partial charge in [-0.05, 0) is 12.1 Å². The summed E-state index contributed by atoms with van der Waals surface area (Å²) in [6, 6.07) is 2.80. The quantitative estimate of drug-likeness (QED) is 0.788. The number of aromatic hydroxyl groups is 1. The van der Waals surface area contributed by atoms with Gasteiger partial charge in [-0.3, -0.25) is 0 Å². The van der Waals surface area contributed by atoms with E-state index in [2.05, 4.69) is 15.9 Å². The fourth-order valence-corrected chi connectivity index (χ4v) is 2.07. The van der Waals surface area contributed by atoms with Gasteiger partial charge in [0.25, 0.3) is 0 Å². The summed E-state index contributed by atoms with van der Waals surface area (Å²) in [5, 5.41) is 19.4. The highest BCUT2D eigenvalue weighted by Gasteiger charge is 2.31. The fourth-order valence-electron chi connectivity index (χ4n) is 1.34. The van der Waals surface area contributed by atoms with Crippen LogP contribution in [0.2, 0.25) is 5.02 Å². The predicted molar refractivity (Wildman–Crippen MR) is 75.9 cm³/mol. The number of phenolic OH excluding ortho intramolecular Hbond substituents is 1. The lowest BCUT2D eigenvalue weighted by molar-refractivity contribution is 0.131. The molecule has 0 saturated heterocycles. The molecule has 1 rings (SSSR count). The van der Waals surface area contributed by atoms with Gasteiger partial charge >= 0.3 is 0 Å². The molecule has 1 atom stereocenters. The Kier molecular flexibility index (Phi) is 6.25. The Balaban J connectivity index is 0.00000256. The van der Waals surface area contributed by atoms with Crippen LogP contribution in [0.25, 0.3) is 0 Å². The van der Waals surface area contributed by atoms with Gasteiger partial charge in [0.05, 0.1) is 5.02 Å². The van der Waals surface area contributed by atoms with Crippen LogP contribution in [0.1, 0.15) is 25.5 Å². The molecule has 0 aromatic heterocycles. The molecule has 1 aromatic carbocycles. The molecule has 98 valence electrons. The van der Waals surface area contributed by atoms with Crippen molar-refractivity contribution in [2.24, 2.45) is 11.1 Å². The summed E-state index contributed by atoms with van der Waals surface area (Å²) in [5.74, 6) is -0.0370. The molecule has 0 amide bonds. The summed E-state index contributed by atoms with van der Waals surface area (Å²) >= 11 is 9.16. The topological polar surface area (TPSA) is 66.5 Å². The van der Waals surface area contributed by atoms with E-state index in [9.17, 15) is 10.2 Å². The van der Waals surface area contributed by atoms with Crippen LogP contribution < -0.4 is 5.73 Å². The molecule has 0 heterocycles. The van der Waals surface area contributed by atoms with Crippen molar-refractivity contribution in [3.8, 4) is 5.75 Å². The summed E-state index contributed by atoms with van der Waals surface area (Å²) in [6.45, 7) is 3.57. The average molecular weight is 345 g/mol. The zero-order valence-electron chi connectivity index (χ0n) is 9.58. The molecule has 0 fully saturated rings. The lowest BCUT2D eigenvalue weighted by Crippen LogP contribution is -2.32. The lowest BCUT2D eigenvalue weighted by atomic mass is 9.81. The number of aliphatic hydroxyl groups is 1. The lowest BCUT2D eigenvalue weighted by Gasteiger charge is -2.31. The Morgan fingerprint density at radius 2 is 2.00 bits per heavy atom. The van der Waals surface area contributed by atoms with Gasteiger partial charge in [-0.25, -0.2) is 0 Å². The molecule has 0 unspecified atom stereocenters. The number of halogens is 3. The molecular weight excluding hydrogens is 329 g/mol. The van der Waals surface area contributed by atoms with Crippen LogP contribution in [0.3, 0.4) is 0 Å². The normalized spacial score (nSPS) is 13.1. The molecule has 0 aliphatic heterocycles. The minimum atomic E-state index is -0.537. The molecule has 0 spiro atoms. The Morgan fingerprint density at radius 1 is 1.47 bits per heavy atom. The molecule has 0 aliphatic carbocycles. The van der Waals surface area contributed by atoms with Gasteiger partial charge in [-0.1, -0.05) is 41.4 Å². The Hall–Kier alpha value is -0.000000000000000111. The summed E-state index contributed by atoms with van der Waals surface area (Å²) in [5.41, 5.74) is 6.03. The molecule has 4 N–H and O–H groups in total. The van der Waals surface area contributed by atoms with Gasteiger partial charge in [-0.15, -0.1) is 12.4 Å². The van der Waals surface area contributed by atoms with E-state index in [0.717, 1.165) is 0 Å². The van der Waals surface area contributed by atoms with Crippen molar-refractivity contribution >= 4 is 39.9 Å². The first kappa shape index (κ1) is 17.0. The average Bonchev–Trinajstić information content (AvgIpc) is 2.24. The second-order valence-electron chi connectivity index (χ2n) is 4.42. The Bertz CT molecular complexity index is 399. The maximum atomic E-state index is 9.88. The van der Waals surface area contributed by atoms with Crippen molar-refractivity contribution in [2.45, 2.75) is 19.9 Å². The SMILES string of the molecule is CC(C)(CO)[C@H](N)c1c(Br)ccc(Cl)c1O.Cl. The van der Waals surface area contributed by atoms with E-state index in [1.54, 1.807) is 12.1 Å². The summed E-state index contributed by atoms with van der Waals surface area (Å²) in [7, 11) is 0. The van der Waals surface area contributed by atoms with Crippen LogP contribution >= 0.6 is 39.9 Å². The number of hydrogen-bond donors (Lipinski definition) is 3. The monoisotopic (exact) mass is 343 g/mol. The highest BCUT2D eigenvalue weighted by molar-refractivity contribution is 9.10. The molecule has 0 bridgehead atoms. The molecule has 1 aromatic rings. The first-order chi connectivity index (χ1) is 7.31. The van der Waals surface area contributed by atoms with Crippen molar-refractivity contribution in [3.05, 3.63) is 27.2 Å². The van der Waals surface area contributed by atoms with Gasteiger partial charge in [0.1, 0.15) is 5.75 Å². The minimum Gasteiger partial charge on any atom is -0.506 e. The molecule has 0 aliphatic rings. The molecular formula is C11H16BrCl2NO2. The van der Waals surface area contributed by atoms with E-state index < -0.39 is 11.5 Å². The zero-order valence-corrected chi connectivity index (χ0v) is 12.7. The van der Waals surface area contributed by atoms with Gasteiger partial charge in [0.2, 0.25) is 0 Å². The van der Waals surface area contributed by atoms with Crippen LogP contribution in [0.15, 0.2) is 16.6 Å². The van der Waals surface area contributed by atoms with Gasteiger partial charge in [-0.2, -0.15) is 0 Å². The highest BCUT2D eigenvalue weighted by atomic mass is 79.9. The summed E-state index contributed by atoms with van der Waals surface area (Å²) < 4.78 is 0.684. The predicted octanol–water partition coefficient (Wildman–Crippen LogP) is 3.25. The number of rotatable bonds is 3. The van der Waals surface area contributed by atoms with Crippen molar-refractivity contribution < 1.29 is 10.2 Å². The van der Waals surface area contributed by atoms with E-state index >= 15 is 0 Å². The van der Waals surface area contributed by atoms with E-state index in [1.807, 2.05) is 13.8 Å². The molecule has 0 saturated carbocycles. The number of nitrogens with two attached hydrogens (primary N) is 1. The maximum absolute atomic E-state index is 9.88.